The number of aromatic nitrogens is 3. The molecule has 0 saturated carbocycles. The minimum absolute atomic E-state index is 0.0967. The van der Waals surface area contributed by atoms with Gasteiger partial charge in [0.15, 0.2) is 11.5 Å². The minimum Gasteiger partial charge on any atom is -0.486 e. The van der Waals surface area contributed by atoms with Crippen molar-refractivity contribution in [3.8, 4) is 17.2 Å². The highest BCUT2D eigenvalue weighted by Crippen LogP contribution is 2.38. The molecule has 0 bridgehead atoms. The summed E-state index contributed by atoms with van der Waals surface area (Å²) in [7, 11) is 0. The van der Waals surface area contributed by atoms with E-state index in [1.54, 1.807) is 23.1 Å². The quantitative estimate of drug-likeness (QED) is 0.714. The average Bonchev–Trinajstić information content (AvgIpc) is 3.23. The molecular formula is C20H19ClN4O3. The van der Waals surface area contributed by atoms with Crippen LogP contribution in [0.1, 0.15) is 24.1 Å². The summed E-state index contributed by atoms with van der Waals surface area (Å²) in [4.78, 5) is 16.4. The fourth-order valence-corrected chi connectivity index (χ4v) is 3.37. The molecule has 144 valence electrons. The van der Waals surface area contributed by atoms with Gasteiger partial charge in [-0.25, -0.2) is 9.67 Å². The summed E-state index contributed by atoms with van der Waals surface area (Å²) >= 11 is 6.24. The highest BCUT2D eigenvalue weighted by atomic mass is 35.5. The number of rotatable bonds is 5. The number of halogens is 1. The van der Waals surface area contributed by atoms with E-state index < -0.39 is 0 Å². The van der Waals surface area contributed by atoms with Crippen LogP contribution in [0.5, 0.6) is 11.5 Å². The number of carbonyl (C=O) groups is 1. The Balaban J connectivity index is 1.40. The molecule has 7 nitrogen and oxygen atoms in total. The van der Waals surface area contributed by atoms with Crippen molar-refractivity contribution in [3.63, 3.8) is 0 Å². The van der Waals surface area contributed by atoms with Gasteiger partial charge in [0.05, 0.1) is 23.2 Å². The van der Waals surface area contributed by atoms with Gasteiger partial charge < -0.3 is 14.8 Å². The standard InChI is InChI=1S/C20H19ClN4O3/c1-13(15-2-4-16(5-3-15)25-12-22-11-23-25)24-19(26)10-14-8-17(21)20-18(9-14)27-6-7-28-20/h2-5,8-9,11-13H,6-7,10H2,1H3,(H,24,26)/t13-/m0/s1. The largest absolute Gasteiger partial charge is 0.486 e. The third kappa shape index (κ3) is 3.94. The average molecular weight is 399 g/mol. The monoisotopic (exact) mass is 398 g/mol. The lowest BCUT2D eigenvalue weighted by Crippen LogP contribution is -2.28. The van der Waals surface area contributed by atoms with E-state index in [4.69, 9.17) is 21.1 Å². The molecule has 8 heteroatoms. The van der Waals surface area contributed by atoms with Crippen molar-refractivity contribution < 1.29 is 14.3 Å². The Labute approximate surface area is 167 Å². The van der Waals surface area contributed by atoms with Crippen LogP contribution in [0.25, 0.3) is 5.69 Å². The van der Waals surface area contributed by atoms with Gasteiger partial charge in [-0.2, -0.15) is 5.10 Å². The van der Waals surface area contributed by atoms with Gasteiger partial charge in [-0.05, 0) is 42.3 Å². The molecule has 0 unspecified atom stereocenters. The molecule has 1 amide bonds. The number of carbonyl (C=O) groups excluding carboxylic acids is 1. The first-order valence-electron chi connectivity index (χ1n) is 8.92. The summed E-state index contributed by atoms with van der Waals surface area (Å²) in [5, 5.41) is 7.56. The van der Waals surface area contributed by atoms with E-state index in [1.807, 2.05) is 31.2 Å². The molecule has 1 aromatic heterocycles. The molecule has 28 heavy (non-hydrogen) atoms. The number of hydrogen-bond donors (Lipinski definition) is 1. The van der Waals surface area contributed by atoms with Crippen LogP contribution < -0.4 is 14.8 Å². The van der Waals surface area contributed by atoms with Gasteiger partial charge in [-0.1, -0.05) is 23.7 Å². The predicted molar refractivity (Wildman–Crippen MR) is 104 cm³/mol. The van der Waals surface area contributed by atoms with Crippen LogP contribution in [0.3, 0.4) is 0 Å². The molecule has 3 aromatic rings. The zero-order valence-corrected chi connectivity index (χ0v) is 16.0. The maximum Gasteiger partial charge on any atom is 0.224 e. The van der Waals surface area contributed by atoms with E-state index >= 15 is 0 Å². The number of amides is 1. The topological polar surface area (TPSA) is 78.3 Å². The highest BCUT2D eigenvalue weighted by molar-refractivity contribution is 6.32. The lowest BCUT2D eigenvalue weighted by molar-refractivity contribution is -0.121. The van der Waals surface area contributed by atoms with Crippen LogP contribution >= 0.6 is 11.6 Å². The Morgan fingerprint density at radius 2 is 2.04 bits per heavy atom. The summed E-state index contributed by atoms with van der Waals surface area (Å²) in [6.45, 7) is 2.89. The smallest absolute Gasteiger partial charge is 0.224 e. The van der Waals surface area contributed by atoms with Crippen LogP contribution in [-0.2, 0) is 11.2 Å². The zero-order chi connectivity index (χ0) is 19.5. The molecular weight excluding hydrogens is 380 g/mol. The van der Waals surface area contributed by atoms with Crippen molar-refractivity contribution in [3.05, 3.63) is 65.2 Å². The molecule has 2 aromatic carbocycles. The maximum atomic E-state index is 12.5. The van der Waals surface area contributed by atoms with Crippen molar-refractivity contribution >= 4 is 17.5 Å². The first kappa shape index (κ1) is 18.3. The number of ether oxygens (including phenoxy) is 2. The fraction of sp³-hybridized carbons (Fsp3) is 0.250. The Kier molecular flexibility index (Phi) is 5.16. The van der Waals surface area contributed by atoms with Gasteiger partial charge in [0.2, 0.25) is 5.91 Å². The zero-order valence-electron chi connectivity index (χ0n) is 15.3. The van der Waals surface area contributed by atoms with Gasteiger partial charge in [-0.15, -0.1) is 0 Å². The predicted octanol–water partition coefficient (Wildman–Crippen LogP) is 3.11. The molecule has 1 aliphatic rings. The molecule has 0 fully saturated rings. The molecule has 1 aliphatic heterocycles. The number of nitrogens with one attached hydrogen (secondary N) is 1. The second kappa shape index (κ2) is 7.90. The molecule has 0 spiro atoms. The van der Waals surface area contributed by atoms with Crippen LogP contribution in [0, 0.1) is 0 Å². The molecule has 4 rings (SSSR count). The first-order chi connectivity index (χ1) is 13.6. The van der Waals surface area contributed by atoms with E-state index in [1.165, 1.54) is 6.33 Å². The molecule has 1 N–H and O–H groups in total. The van der Waals surface area contributed by atoms with Crippen LogP contribution in [0.4, 0.5) is 0 Å². The van der Waals surface area contributed by atoms with E-state index in [2.05, 4.69) is 15.4 Å². The van der Waals surface area contributed by atoms with Crippen molar-refractivity contribution in [2.75, 3.05) is 13.2 Å². The van der Waals surface area contributed by atoms with Crippen LogP contribution in [0.15, 0.2) is 49.1 Å². The highest BCUT2D eigenvalue weighted by Gasteiger charge is 2.18. The van der Waals surface area contributed by atoms with Crippen molar-refractivity contribution in [2.24, 2.45) is 0 Å². The maximum absolute atomic E-state index is 12.5. The summed E-state index contributed by atoms with van der Waals surface area (Å²) < 4.78 is 12.8. The van der Waals surface area contributed by atoms with E-state index in [-0.39, 0.29) is 18.4 Å². The lowest BCUT2D eigenvalue weighted by Gasteiger charge is -2.20. The Hall–Kier alpha value is -3.06. The molecule has 0 aliphatic carbocycles. The van der Waals surface area contributed by atoms with E-state index in [9.17, 15) is 4.79 Å². The SMILES string of the molecule is C[C@H](NC(=O)Cc1cc(Cl)c2c(c1)OCCO2)c1ccc(-n2cncn2)cc1. The van der Waals surface area contributed by atoms with Crippen LogP contribution in [0.2, 0.25) is 5.02 Å². The van der Waals surface area contributed by atoms with Crippen molar-refractivity contribution in [1.82, 2.24) is 20.1 Å². The molecule has 0 radical (unpaired) electrons. The Morgan fingerprint density at radius 3 is 2.79 bits per heavy atom. The van der Waals surface area contributed by atoms with Crippen molar-refractivity contribution in [2.45, 2.75) is 19.4 Å². The Morgan fingerprint density at radius 1 is 1.25 bits per heavy atom. The van der Waals surface area contributed by atoms with Gasteiger partial charge >= 0.3 is 0 Å². The summed E-state index contributed by atoms with van der Waals surface area (Å²) in [6, 6.07) is 11.2. The second-order valence-corrected chi connectivity index (χ2v) is 6.91. The van der Waals surface area contributed by atoms with Gasteiger partial charge in [0.1, 0.15) is 25.9 Å². The first-order valence-corrected chi connectivity index (χ1v) is 9.30. The second-order valence-electron chi connectivity index (χ2n) is 6.50. The lowest BCUT2D eigenvalue weighted by atomic mass is 10.1. The molecule has 0 saturated heterocycles. The van der Waals surface area contributed by atoms with E-state index in [0.717, 1.165) is 16.8 Å². The van der Waals surface area contributed by atoms with Crippen molar-refractivity contribution in [1.29, 1.82) is 0 Å². The summed E-state index contributed by atoms with van der Waals surface area (Å²) in [5.41, 5.74) is 2.68. The summed E-state index contributed by atoms with van der Waals surface area (Å²) in [6.07, 6.45) is 3.33. The van der Waals surface area contributed by atoms with E-state index in [0.29, 0.717) is 29.7 Å². The third-order valence-electron chi connectivity index (χ3n) is 4.48. The molecule has 1 atom stereocenters. The number of fused-ring (bicyclic) bond motifs is 1. The van der Waals surface area contributed by atoms with Gasteiger partial charge in [0.25, 0.3) is 0 Å². The number of benzene rings is 2. The summed E-state index contributed by atoms with van der Waals surface area (Å²) in [5.74, 6) is 1.02. The number of hydrogen-bond acceptors (Lipinski definition) is 5. The normalized spacial score (nSPS) is 13.8. The third-order valence-corrected chi connectivity index (χ3v) is 4.76. The van der Waals surface area contributed by atoms with Crippen LogP contribution in [-0.4, -0.2) is 33.9 Å². The Bertz CT molecular complexity index is 974. The molecule has 2 heterocycles. The van der Waals surface area contributed by atoms with Gasteiger partial charge in [0, 0.05) is 0 Å². The fourth-order valence-electron chi connectivity index (χ4n) is 3.08. The number of nitrogens with zero attached hydrogens (tertiary/aromatic N) is 3. The minimum atomic E-state index is -0.134. The van der Waals surface area contributed by atoms with Gasteiger partial charge in [-0.3, -0.25) is 4.79 Å².